The average Bonchev–Trinajstić information content (AvgIpc) is 3.24. The Hall–Kier alpha value is -3.51. The molecule has 4 rings (SSSR count). The predicted molar refractivity (Wildman–Crippen MR) is 121 cm³/mol. The van der Waals surface area contributed by atoms with Crippen LogP contribution in [0.4, 0.5) is 20.9 Å². The summed E-state index contributed by atoms with van der Waals surface area (Å²) >= 11 is 1.47. The van der Waals surface area contributed by atoms with Gasteiger partial charge in [0.05, 0.1) is 5.69 Å². The molecular weight excluding hydrogens is 397 g/mol. The van der Waals surface area contributed by atoms with E-state index in [1.807, 2.05) is 53.9 Å². The third-order valence-corrected chi connectivity index (χ3v) is 5.42. The van der Waals surface area contributed by atoms with Crippen molar-refractivity contribution < 1.29 is 9.18 Å². The highest BCUT2D eigenvalue weighted by Gasteiger charge is 2.08. The second-order valence-electron chi connectivity index (χ2n) is 6.75. The number of carbonyl (C=O) groups excluding carboxylic acids is 1. The lowest BCUT2D eigenvalue weighted by Crippen LogP contribution is -2.11. The zero-order chi connectivity index (χ0) is 20.9. The van der Waals surface area contributed by atoms with E-state index in [0.717, 1.165) is 34.2 Å². The van der Waals surface area contributed by atoms with Gasteiger partial charge < -0.3 is 10.6 Å². The molecule has 0 fully saturated rings. The van der Waals surface area contributed by atoms with Crippen molar-refractivity contribution in [3.63, 3.8) is 0 Å². The first-order valence-electron chi connectivity index (χ1n) is 9.59. The van der Waals surface area contributed by atoms with E-state index in [4.69, 9.17) is 0 Å². The van der Waals surface area contributed by atoms with Crippen LogP contribution in [-0.4, -0.2) is 10.9 Å². The smallest absolute Gasteiger partial charge is 0.255 e. The maximum atomic E-state index is 13.0. The van der Waals surface area contributed by atoms with Crippen molar-refractivity contribution in [2.45, 2.75) is 13.3 Å². The number of benzene rings is 3. The van der Waals surface area contributed by atoms with Crippen LogP contribution in [0.1, 0.15) is 22.8 Å². The van der Waals surface area contributed by atoms with Crippen LogP contribution < -0.4 is 10.6 Å². The number of amides is 1. The fourth-order valence-electron chi connectivity index (χ4n) is 2.94. The van der Waals surface area contributed by atoms with Crippen molar-refractivity contribution in [3.8, 4) is 11.3 Å². The number of nitrogens with one attached hydrogen (secondary N) is 2. The topological polar surface area (TPSA) is 54.0 Å². The summed E-state index contributed by atoms with van der Waals surface area (Å²) in [6.45, 7) is 2.08. The Balaban J connectivity index is 1.41. The quantitative estimate of drug-likeness (QED) is 0.376. The minimum atomic E-state index is -0.273. The molecule has 0 spiro atoms. The van der Waals surface area contributed by atoms with Gasteiger partial charge in [0, 0.05) is 27.9 Å². The third-order valence-electron chi connectivity index (χ3n) is 4.66. The molecule has 30 heavy (non-hydrogen) atoms. The zero-order valence-corrected chi connectivity index (χ0v) is 17.2. The molecule has 1 heterocycles. The monoisotopic (exact) mass is 417 g/mol. The van der Waals surface area contributed by atoms with Crippen molar-refractivity contribution in [2.75, 3.05) is 10.6 Å². The Kier molecular flexibility index (Phi) is 5.86. The fourth-order valence-corrected chi connectivity index (χ4v) is 3.68. The number of aromatic nitrogens is 1. The first kappa shape index (κ1) is 19.8. The van der Waals surface area contributed by atoms with Gasteiger partial charge in [-0.15, -0.1) is 11.3 Å². The number of rotatable bonds is 6. The van der Waals surface area contributed by atoms with Gasteiger partial charge in [-0.1, -0.05) is 31.2 Å². The Labute approximate surface area is 178 Å². The lowest BCUT2D eigenvalue weighted by molar-refractivity contribution is 0.102. The van der Waals surface area contributed by atoms with Crippen LogP contribution in [0.5, 0.6) is 0 Å². The van der Waals surface area contributed by atoms with Crippen LogP contribution in [0.3, 0.4) is 0 Å². The van der Waals surface area contributed by atoms with Gasteiger partial charge in [-0.3, -0.25) is 4.79 Å². The number of hydrogen-bond donors (Lipinski definition) is 2. The summed E-state index contributed by atoms with van der Waals surface area (Å²) in [7, 11) is 0. The Morgan fingerprint density at radius 1 is 0.933 bits per heavy atom. The fraction of sp³-hybridized carbons (Fsp3) is 0.0833. The van der Waals surface area contributed by atoms with Crippen LogP contribution in [-0.2, 0) is 6.42 Å². The Morgan fingerprint density at radius 2 is 1.60 bits per heavy atom. The predicted octanol–water partition coefficient (Wildman–Crippen LogP) is 6.51. The van der Waals surface area contributed by atoms with Gasteiger partial charge in [0.1, 0.15) is 5.82 Å². The normalized spacial score (nSPS) is 10.6. The molecule has 1 amide bonds. The van der Waals surface area contributed by atoms with Crippen molar-refractivity contribution in [2.24, 2.45) is 0 Å². The van der Waals surface area contributed by atoms with E-state index < -0.39 is 0 Å². The molecule has 1 aromatic heterocycles. The average molecular weight is 418 g/mol. The molecule has 150 valence electrons. The Morgan fingerprint density at radius 3 is 2.27 bits per heavy atom. The van der Waals surface area contributed by atoms with Gasteiger partial charge in [-0.05, 0) is 60.5 Å². The summed E-state index contributed by atoms with van der Waals surface area (Å²) in [5.74, 6) is -0.407. The first-order chi connectivity index (χ1) is 14.6. The highest BCUT2D eigenvalue weighted by Crippen LogP contribution is 2.28. The summed E-state index contributed by atoms with van der Waals surface area (Å²) in [5, 5.41) is 8.77. The molecule has 0 aliphatic carbocycles. The maximum absolute atomic E-state index is 13.0. The molecule has 0 bridgehead atoms. The van der Waals surface area contributed by atoms with E-state index in [2.05, 4.69) is 22.5 Å². The molecule has 0 atom stereocenters. The summed E-state index contributed by atoms with van der Waals surface area (Å²) < 4.78 is 13.0. The zero-order valence-electron chi connectivity index (χ0n) is 16.4. The Bertz CT molecular complexity index is 1140. The molecule has 4 nitrogen and oxygen atoms in total. The lowest BCUT2D eigenvalue weighted by Gasteiger charge is -2.07. The van der Waals surface area contributed by atoms with Crippen LogP contribution in [0.2, 0.25) is 0 Å². The molecule has 3 aromatic carbocycles. The minimum absolute atomic E-state index is 0.134. The van der Waals surface area contributed by atoms with Crippen LogP contribution >= 0.6 is 11.3 Å². The highest BCUT2D eigenvalue weighted by molar-refractivity contribution is 7.14. The first-order valence-corrected chi connectivity index (χ1v) is 10.5. The van der Waals surface area contributed by atoms with Crippen LogP contribution in [0.25, 0.3) is 11.3 Å². The minimum Gasteiger partial charge on any atom is -0.332 e. The molecule has 0 saturated heterocycles. The molecule has 6 heteroatoms. The number of anilines is 3. The number of nitrogens with zero attached hydrogens (tertiary/aromatic N) is 1. The molecule has 4 aromatic rings. The van der Waals surface area contributed by atoms with E-state index in [0.29, 0.717) is 5.56 Å². The number of halogens is 1. The van der Waals surface area contributed by atoms with E-state index in [-0.39, 0.29) is 11.7 Å². The van der Waals surface area contributed by atoms with Gasteiger partial charge in [0.15, 0.2) is 5.13 Å². The highest BCUT2D eigenvalue weighted by atomic mass is 32.1. The standard InChI is InChI=1S/C24H20FN3OS/c1-2-16-3-5-18(6-4-16)23(29)26-20-11-7-17(8-12-20)22-15-30-24(28-22)27-21-13-9-19(25)10-14-21/h3-15H,2H2,1H3,(H,26,29)(H,27,28). The lowest BCUT2D eigenvalue weighted by atomic mass is 10.1. The summed E-state index contributed by atoms with van der Waals surface area (Å²) in [4.78, 5) is 17.0. The maximum Gasteiger partial charge on any atom is 0.255 e. The van der Waals surface area contributed by atoms with Crippen LogP contribution in [0, 0.1) is 5.82 Å². The van der Waals surface area contributed by atoms with E-state index >= 15 is 0 Å². The van der Waals surface area contributed by atoms with E-state index in [1.165, 1.54) is 29.0 Å². The summed E-state index contributed by atoms with van der Waals surface area (Å²) in [6.07, 6.45) is 0.946. The molecule has 0 aliphatic heterocycles. The van der Waals surface area contributed by atoms with Gasteiger partial charge in [0.2, 0.25) is 0 Å². The van der Waals surface area contributed by atoms with Crippen molar-refractivity contribution >= 4 is 33.8 Å². The van der Waals surface area contributed by atoms with Gasteiger partial charge >= 0.3 is 0 Å². The molecule has 0 aliphatic rings. The SMILES string of the molecule is CCc1ccc(C(=O)Nc2ccc(-c3csc(Nc4ccc(F)cc4)n3)cc2)cc1. The van der Waals surface area contributed by atoms with E-state index in [1.54, 1.807) is 12.1 Å². The molecule has 2 N–H and O–H groups in total. The van der Waals surface area contributed by atoms with Gasteiger partial charge in [-0.25, -0.2) is 9.37 Å². The molecule has 0 radical (unpaired) electrons. The number of carbonyl (C=O) groups is 1. The second kappa shape index (κ2) is 8.88. The van der Waals surface area contributed by atoms with Gasteiger partial charge in [0.25, 0.3) is 5.91 Å². The summed E-state index contributed by atoms with van der Waals surface area (Å²) in [5.41, 5.74) is 5.12. The molecule has 0 unspecified atom stereocenters. The second-order valence-corrected chi connectivity index (χ2v) is 7.61. The summed E-state index contributed by atoms with van der Waals surface area (Å²) in [6, 6.07) is 21.3. The van der Waals surface area contributed by atoms with Gasteiger partial charge in [-0.2, -0.15) is 0 Å². The van der Waals surface area contributed by atoms with Crippen molar-refractivity contribution in [3.05, 3.63) is 95.1 Å². The third kappa shape index (κ3) is 4.72. The largest absolute Gasteiger partial charge is 0.332 e. The number of hydrogen-bond acceptors (Lipinski definition) is 4. The molecular formula is C24H20FN3OS. The van der Waals surface area contributed by atoms with Crippen molar-refractivity contribution in [1.29, 1.82) is 0 Å². The van der Waals surface area contributed by atoms with Crippen LogP contribution in [0.15, 0.2) is 78.2 Å². The van der Waals surface area contributed by atoms with E-state index in [9.17, 15) is 9.18 Å². The van der Waals surface area contributed by atoms with Crippen molar-refractivity contribution in [1.82, 2.24) is 4.98 Å². The number of aryl methyl sites for hydroxylation is 1. The number of thiazole rings is 1. The molecule has 0 saturated carbocycles.